The molecule has 0 aromatic heterocycles. The third kappa shape index (κ3) is 4.23. The Morgan fingerprint density at radius 3 is 1.58 bits per heavy atom. The smallest absolute Gasteiger partial charge is 0.0497 e. The predicted molar refractivity (Wildman–Crippen MR) is 98.4 cm³/mol. The first kappa shape index (κ1) is 18.7. The molecule has 24 heavy (non-hydrogen) atoms. The number of aliphatic hydroxyl groups excluding tert-OH is 3. The standard InChI is InChI=1S/C21H28O3/c1-14(11-22)17-5-4-6-18(7-17)21-9-19(15(2)12-23)8-20(10-21)16(3)13-24/h4-10,14-16,22-24H,11-13H2,1-3H3. The molecule has 3 atom stereocenters. The van der Waals surface area contributed by atoms with E-state index in [4.69, 9.17) is 0 Å². The molecular weight excluding hydrogens is 300 g/mol. The van der Waals surface area contributed by atoms with Gasteiger partial charge in [0.15, 0.2) is 0 Å². The van der Waals surface area contributed by atoms with Crippen molar-refractivity contribution in [2.45, 2.75) is 38.5 Å². The molecule has 0 aliphatic carbocycles. The second-order valence-corrected chi connectivity index (χ2v) is 6.76. The van der Waals surface area contributed by atoms with E-state index in [0.29, 0.717) is 0 Å². The number of hydrogen-bond acceptors (Lipinski definition) is 3. The van der Waals surface area contributed by atoms with Crippen LogP contribution in [-0.4, -0.2) is 35.1 Å². The van der Waals surface area contributed by atoms with E-state index in [1.807, 2.05) is 32.9 Å². The van der Waals surface area contributed by atoms with Gasteiger partial charge in [0, 0.05) is 37.6 Å². The summed E-state index contributed by atoms with van der Waals surface area (Å²) in [7, 11) is 0. The maximum Gasteiger partial charge on any atom is 0.0497 e. The zero-order valence-electron chi connectivity index (χ0n) is 14.7. The third-order valence-corrected chi connectivity index (χ3v) is 4.73. The van der Waals surface area contributed by atoms with Gasteiger partial charge in [0.1, 0.15) is 0 Å². The van der Waals surface area contributed by atoms with Crippen molar-refractivity contribution in [3.63, 3.8) is 0 Å². The van der Waals surface area contributed by atoms with Crippen LogP contribution in [0.15, 0.2) is 42.5 Å². The quantitative estimate of drug-likeness (QED) is 0.727. The Hall–Kier alpha value is -1.68. The molecule has 0 aliphatic heterocycles. The van der Waals surface area contributed by atoms with E-state index in [1.54, 1.807) is 0 Å². The second kappa shape index (κ2) is 8.43. The lowest BCUT2D eigenvalue weighted by Gasteiger charge is -2.17. The van der Waals surface area contributed by atoms with E-state index in [2.05, 4.69) is 30.3 Å². The van der Waals surface area contributed by atoms with Gasteiger partial charge in [-0.3, -0.25) is 0 Å². The first-order chi connectivity index (χ1) is 11.5. The normalized spacial score (nSPS) is 15.1. The molecule has 2 aromatic carbocycles. The molecule has 3 nitrogen and oxygen atoms in total. The number of benzene rings is 2. The van der Waals surface area contributed by atoms with Crippen molar-refractivity contribution in [1.82, 2.24) is 0 Å². The molecule has 130 valence electrons. The van der Waals surface area contributed by atoms with Crippen LogP contribution in [0.3, 0.4) is 0 Å². The monoisotopic (exact) mass is 328 g/mol. The summed E-state index contributed by atoms with van der Waals surface area (Å²) in [5.74, 6) is 0.198. The van der Waals surface area contributed by atoms with Gasteiger partial charge in [-0.05, 0) is 27.8 Å². The van der Waals surface area contributed by atoms with E-state index in [1.165, 1.54) is 0 Å². The summed E-state index contributed by atoms with van der Waals surface area (Å²) in [6.45, 7) is 6.31. The SMILES string of the molecule is CC(CO)c1cccc(-c2cc(C(C)CO)cc(C(C)CO)c2)c1. The van der Waals surface area contributed by atoms with Crippen molar-refractivity contribution >= 4 is 0 Å². The van der Waals surface area contributed by atoms with Crippen LogP contribution in [0.1, 0.15) is 55.2 Å². The first-order valence-corrected chi connectivity index (χ1v) is 8.57. The fourth-order valence-corrected chi connectivity index (χ4v) is 2.75. The molecule has 2 aromatic rings. The minimum absolute atomic E-state index is 0.0501. The highest BCUT2D eigenvalue weighted by atomic mass is 16.3. The van der Waals surface area contributed by atoms with Crippen LogP contribution in [0.5, 0.6) is 0 Å². The highest BCUT2D eigenvalue weighted by Gasteiger charge is 2.13. The van der Waals surface area contributed by atoms with E-state index in [0.717, 1.165) is 27.8 Å². The zero-order chi connectivity index (χ0) is 17.7. The van der Waals surface area contributed by atoms with Crippen molar-refractivity contribution in [1.29, 1.82) is 0 Å². The molecule has 0 saturated heterocycles. The molecule has 0 heterocycles. The molecule has 2 rings (SSSR count). The van der Waals surface area contributed by atoms with Gasteiger partial charge >= 0.3 is 0 Å². The van der Waals surface area contributed by atoms with Gasteiger partial charge in [-0.1, -0.05) is 63.2 Å². The molecule has 3 heteroatoms. The van der Waals surface area contributed by atoms with Gasteiger partial charge < -0.3 is 15.3 Å². The predicted octanol–water partition coefficient (Wildman–Crippen LogP) is 3.64. The van der Waals surface area contributed by atoms with Crippen molar-refractivity contribution in [3.05, 3.63) is 59.2 Å². The fraction of sp³-hybridized carbons (Fsp3) is 0.429. The summed E-state index contributed by atoms with van der Waals surface area (Å²) in [6, 6.07) is 14.5. The lowest BCUT2D eigenvalue weighted by Crippen LogP contribution is -2.04. The summed E-state index contributed by atoms with van der Waals surface area (Å²) in [4.78, 5) is 0. The average molecular weight is 328 g/mol. The lowest BCUT2D eigenvalue weighted by molar-refractivity contribution is 0.270. The Balaban J connectivity index is 2.52. The molecule has 0 bridgehead atoms. The van der Waals surface area contributed by atoms with Crippen LogP contribution in [0.2, 0.25) is 0 Å². The fourth-order valence-electron chi connectivity index (χ4n) is 2.75. The van der Waals surface area contributed by atoms with Crippen LogP contribution in [0.25, 0.3) is 11.1 Å². The molecule has 0 radical (unpaired) electrons. The van der Waals surface area contributed by atoms with Crippen LogP contribution in [0.4, 0.5) is 0 Å². The van der Waals surface area contributed by atoms with E-state index < -0.39 is 0 Å². The van der Waals surface area contributed by atoms with Crippen LogP contribution in [-0.2, 0) is 0 Å². The highest BCUT2D eigenvalue weighted by Crippen LogP contribution is 2.30. The zero-order valence-corrected chi connectivity index (χ0v) is 14.7. The molecule has 0 spiro atoms. The Morgan fingerprint density at radius 1 is 0.625 bits per heavy atom. The van der Waals surface area contributed by atoms with Gasteiger partial charge in [0.05, 0.1) is 0 Å². The molecule has 0 saturated carbocycles. The minimum Gasteiger partial charge on any atom is -0.396 e. The van der Waals surface area contributed by atoms with Crippen molar-refractivity contribution in [3.8, 4) is 11.1 Å². The maximum atomic E-state index is 9.51. The third-order valence-electron chi connectivity index (χ3n) is 4.73. The van der Waals surface area contributed by atoms with Crippen LogP contribution >= 0.6 is 0 Å². The molecule has 0 amide bonds. The van der Waals surface area contributed by atoms with Crippen LogP contribution in [0, 0.1) is 0 Å². The summed E-state index contributed by atoms with van der Waals surface area (Å²) < 4.78 is 0. The summed E-state index contributed by atoms with van der Waals surface area (Å²) in [5.41, 5.74) is 5.42. The second-order valence-electron chi connectivity index (χ2n) is 6.76. The van der Waals surface area contributed by atoms with Gasteiger partial charge in [-0.2, -0.15) is 0 Å². The topological polar surface area (TPSA) is 60.7 Å². The Labute approximate surface area is 144 Å². The van der Waals surface area contributed by atoms with E-state index in [-0.39, 0.29) is 37.6 Å². The summed E-state index contributed by atoms with van der Waals surface area (Å²) in [6.07, 6.45) is 0. The number of hydrogen-bond donors (Lipinski definition) is 3. The van der Waals surface area contributed by atoms with Crippen molar-refractivity contribution < 1.29 is 15.3 Å². The Bertz CT molecular complexity index is 638. The van der Waals surface area contributed by atoms with Gasteiger partial charge in [-0.15, -0.1) is 0 Å². The number of rotatable bonds is 7. The van der Waals surface area contributed by atoms with Gasteiger partial charge in [0.25, 0.3) is 0 Å². The first-order valence-electron chi connectivity index (χ1n) is 8.57. The lowest BCUT2D eigenvalue weighted by atomic mass is 9.89. The number of aliphatic hydroxyl groups is 3. The average Bonchev–Trinajstić information content (AvgIpc) is 2.65. The molecule has 3 N–H and O–H groups in total. The minimum atomic E-state index is 0.0501. The Kier molecular flexibility index (Phi) is 6.55. The highest BCUT2D eigenvalue weighted by molar-refractivity contribution is 5.66. The molecule has 0 aliphatic rings. The largest absolute Gasteiger partial charge is 0.396 e. The van der Waals surface area contributed by atoms with E-state index >= 15 is 0 Å². The maximum absolute atomic E-state index is 9.51. The van der Waals surface area contributed by atoms with Crippen molar-refractivity contribution in [2.75, 3.05) is 19.8 Å². The van der Waals surface area contributed by atoms with E-state index in [9.17, 15) is 15.3 Å². The van der Waals surface area contributed by atoms with Gasteiger partial charge in [-0.25, -0.2) is 0 Å². The van der Waals surface area contributed by atoms with Gasteiger partial charge in [0.2, 0.25) is 0 Å². The summed E-state index contributed by atoms with van der Waals surface area (Å²) >= 11 is 0. The molecule has 3 unspecified atom stereocenters. The van der Waals surface area contributed by atoms with Crippen LogP contribution < -0.4 is 0 Å². The summed E-state index contributed by atoms with van der Waals surface area (Å²) in [5, 5.41) is 28.4. The molecular formula is C21H28O3. The molecule has 0 fully saturated rings. The Morgan fingerprint density at radius 2 is 1.08 bits per heavy atom. The van der Waals surface area contributed by atoms with Crippen molar-refractivity contribution in [2.24, 2.45) is 0 Å².